The average molecular weight is 356 g/mol. The van der Waals surface area contributed by atoms with Gasteiger partial charge in [-0.15, -0.1) is 0 Å². The molecule has 0 saturated carbocycles. The Labute approximate surface area is 145 Å². The van der Waals surface area contributed by atoms with Gasteiger partial charge in [0.2, 0.25) is 0 Å². The third-order valence-electron chi connectivity index (χ3n) is 3.66. The van der Waals surface area contributed by atoms with Crippen molar-refractivity contribution in [3.8, 4) is 11.5 Å². The summed E-state index contributed by atoms with van der Waals surface area (Å²) in [6, 6.07) is 17.2. The molecule has 0 fully saturated rings. The highest BCUT2D eigenvalue weighted by Gasteiger charge is 2.13. The number of ether oxygens (including phenoxy) is 1. The normalized spacial score (nSPS) is 11.7. The lowest BCUT2D eigenvalue weighted by Crippen LogP contribution is -2.18. The number of hydrazone groups is 1. The van der Waals surface area contributed by atoms with Crippen LogP contribution in [0.2, 0.25) is 0 Å². The molecule has 7 heteroatoms. The van der Waals surface area contributed by atoms with Crippen molar-refractivity contribution >= 4 is 27.0 Å². The smallest absolute Gasteiger partial charge is 0.276 e. The number of para-hydroxylation sites is 1. The van der Waals surface area contributed by atoms with Gasteiger partial charge in [0.25, 0.3) is 10.0 Å². The molecule has 25 heavy (non-hydrogen) atoms. The van der Waals surface area contributed by atoms with Crippen LogP contribution in [0.1, 0.15) is 5.56 Å². The van der Waals surface area contributed by atoms with Crippen LogP contribution in [-0.2, 0) is 10.0 Å². The van der Waals surface area contributed by atoms with Gasteiger partial charge >= 0.3 is 0 Å². The monoisotopic (exact) mass is 356 g/mol. The zero-order chi connectivity index (χ0) is 17.9. The van der Waals surface area contributed by atoms with Crippen molar-refractivity contribution in [1.82, 2.24) is 4.83 Å². The summed E-state index contributed by atoms with van der Waals surface area (Å²) in [6.45, 7) is 0. The predicted molar refractivity (Wildman–Crippen MR) is 96.5 cm³/mol. The first-order chi connectivity index (χ1) is 12.0. The van der Waals surface area contributed by atoms with Gasteiger partial charge in [0.1, 0.15) is 0 Å². The van der Waals surface area contributed by atoms with E-state index >= 15 is 0 Å². The van der Waals surface area contributed by atoms with Crippen molar-refractivity contribution < 1.29 is 18.3 Å². The van der Waals surface area contributed by atoms with Crippen LogP contribution in [0.15, 0.2) is 70.7 Å². The molecule has 3 rings (SSSR count). The summed E-state index contributed by atoms with van der Waals surface area (Å²) in [7, 11) is -2.38. The number of fused-ring (bicyclic) bond motifs is 1. The minimum atomic E-state index is -3.81. The van der Waals surface area contributed by atoms with Gasteiger partial charge in [0.15, 0.2) is 11.5 Å². The van der Waals surface area contributed by atoms with E-state index in [1.807, 2.05) is 24.3 Å². The van der Waals surface area contributed by atoms with Crippen molar-refractivity contribution in [1.29, 1.82) is 0 Å². The Bertz CT molecular complexity index is 1050. The summed E-state index contributed by atoms with van der Waals surface area (Å²) >= 11 is 0. The quantitative estimate of drug-likeness (QED) is 0.543. The van der Waals surface area contributed by atoms with Crippen LogP contribution in [0.4, 0.5) is 0 Å². The van der Waals surface area contributed by atoms with E-state index in [0.717, 1.165) is 10.8 Å². The Balaban J connectivity index is 1.83. The number of phenolic OH excluding ortho intramolecular Hbond substituents is 1. The van der Waals surface area contributed by atoms with Gasteiger partial charge in [0, 0.05) is 5.56 Å². The second-order valence-corrected chi connectivity index (χ2v) is 6.92. The topological polar surface area (TPSA) is 88.0 Å². The van der Waals surface area contributed by atoms with Gasteiger partial charge in [-0.25, -0.2) is 4.83 Å². The van der Waals surface area contributed by atoms with Crippen LogP contribution >= 0.6 is 0 Å². The molecular weight excluding hydrogens is 340 g/mol. The number of phenols is 1. The summed E-state index contributed by atoms with van der Waals surface area (Å²) in [5.41, 5.74) is 0.334. The van der Waals surface area contributed by atoms with Gasteiger partial charge < -0.3 is 9.84 Å². The molecule has 6 nitrogen and oxygen atoms in total. The van der Waals surface area contributed by atoms with Crippen molar-refractivity contribution in [3.05, 3.63) is 66.2 Å². The second-order valence-electron chi connectivity index (χ2n) is 5.26. The maximum absolute atomic E-state index is 12.4. The molecule has 3 aromatic rings. The van der Waals surface area contributed by atoms with Crippen molar-refractivity contribution in [2.75, 3.05) is 7.11 Å². The molecule has 0 bridgehead atoms. The van der Waals surface area contributed by atoms with Crippen LogP contribution in [0.5, 0.6) is 11.5 Å². The molecule has 0 atom stereocenters. The average Bonchev–Trinajstić information content (AvgIpc) is 2.62. The molecular formula is C18H16N2O4S. The van der Waals surface area contributed by atoms with E-state index in [1.165, 1.54) is 19.4 Å². The Hall–Kier alpha value is -3.06. The minimum Gasteiger partial charge on any atom is -0.504 e. The fourth-order valence-corrected chi connectivity index (χ4v) is 3.19. The molecule has 0 amide bonds. The lowest BCUT2D eigenvalue weighted by atomic mass is 10.1. The third kappa shape index (κ3) is 3.56. The maximum Gasteiger partial charge on any atom is 0.276 e. The number of hydrogen-bond donors (Lipinski definition) is 2. The first kappa shape index (κ1) is 16.8. The summed E-state index contributed by atoms with van der Waals surface area (Å²) < 4.78 is 29.7. The van der Waals surface area contributed by atoms with Crippen LogP contribution in [0.3, 0.4) is 0 Å². The number of methoxy groups -OCH3 is 1. The summed E-state index contributed by atoms with van der Waals surface area (Å²) in [5.74, 6) is 0.167. The minimum absolute atomic E-state index is 0.109. The highest BCUT2D eigenvalue weighted by atomic mass is 32.2. The zero-order valence-electron chi connectivity index (χ0n) is 13.4. The Morgan fingerprint density at radius 2 is 1.80 bits per heavy atom. The first-order valence-corrected chi connectivity index (χ1v) is 8.89. The molecule has 2 N–H and O–H groups in total. The molecule has 0 spiro atoms. The van der Waals surface area contributed by atoms with Crippen LogP contribution in [-0.4, -0.2) is 26.8 Å². The second kappa shape index (κ2) is 6.82. The lowest BCUT2D eigenvalue weighted by molar-refractivity contribution is 0.373. The first-order valence-electron chi connectivity index (χ1n) is 7.41. The Kier molecular flexibility index (Phi) is 4.58. The molecule has 3 aromatic carbocycles. The largest absolute Gasteiger partial charge is 0.504 e. The number of sulfonamides is 1. The van der Waals surface area contributed by atoms with E-state index in [4.69, 9.17) is 4.74 Å². The molecule has 0 aliphatic rings. The highest BCUT2D eigenvalue weighted by Crippen LogP contribution is 2.28. The van der Waals surface area contributed by atoms with E-state index in [1.54, 1.807) is 30.3 Å². The fourth-order valence-electron chi connectivity index (χ4n) is 2.36. The molecule has 0 aromatic heterocycles. The Morgan fingerprint density at radius 1 is 1.04 bits per heavy atom. The summed E-state index contributed by atoms with van der Waals surface area (Å²) in [5, 5.41) is 15.5. The van der Waals surface area contributed by atoms with Crippen LogP contribution in [0.25, 0.3) is 10.8 Å². The highest BCUT2D eigenvalue weighted by molar-refractivity contribution is 7.89. The predicted octanol–water partition coefficient (Wildman–Crippen LogP) is 2.87. The maximum atomic E-state index is 12.4. The number of hydrogen-bond acceptors (Lipinski definition) is 5. The third-order valence-corrected chi connectivity index (χ3v) is 4.88. The SMILES string of the molecule is COc1cccc(C=NNS(=O)(=O)c2ccc3ccccc3c2)c1O. The molecule has 128 valence electrons. The molecule has 0 heterocycles. The van der Waals surface area contributed by atoms with Gasteiger partial charge in [-0.2, -0.15) is 13.5 Å². The van der Waals surface area contributed by atoms with Gasteiger partial charge in [0.05, 0.1) is 18.2 Å². The van der Waals surface area contributed by atoms with Crippen molar-refractivity contribution in [2.45, 2.75) is 4.90 Å². The van der Waals surface area contributed by atoms with Crippen molar-refractivity contribution in [3.63, 3.8) is 0 Å². The molecule has 0 saturated heterocycles. The van der Waals surface area contributed by atoms with E-state index in [9.17, 15) is 13.5 Å². The van der Waals surface area contributed by atoms with Gasteiger partial charge in [-0.1, -0.05) is 36.4 Å². The van der Waals surface area contributed by atoms with Crippen LogP contribution in [0, 0.1) is 0 Å². The number of nitrogens with zero attached hydrogens (tertiary/aromatic N) is 1. The zero-order valence-corrected chi connectivity index (χ0v) is 14.2. The van der Waals surface area contributed by atoms with E-state index in [-0.39, 0.29) is 16.4 Å². The number of benzene rings is 3. The van der Waals surface area contributed by atoms with Crippen molar-refractivity contribution in [2.24, 2.45) is 5.10 Å². The molecule has 0 radical (unpaired) electrons. The molecule has 0 aliphatic heterocycles. The van der Waals surface area contributed by atoms with Gasteiger partial charge in [-0.05, 0) is 35.0 Å². The molecule has 0 aliphatic carbocycles. The number of rotatable bonds is 5. The number of aromatic hydroxyl groups is 1. The van der Waals surface area contributed by atoms with Crippen LogP contribution < -0.4 is 9.57 Å². The molecule has 0 unspecified atom stereocenters. The van der Waals surface area contributed by atoms with E-state index < -0.39 is 10.0 Å². The van der Waals surface area contributed by atoms with Gasteiger partial charge in [-0.3, -0.25) is 0 Å². The van der Waals surface area contributed by atoms with E-state index in [0.29, 0.717) is 5.56 Å². The summed E-state index contributed by atoms with van der Waals surface area (Å²) in [4.78, 5) is 2.25. The summed E-state index contributed by atoms with van der Waals surface area (Å²) in [6.07, 6.45) is 1.22. The fraction of sp³-hybridized carbons (Fsp3) is 0.0556. The standard InChI is InChI=1S/C18H16N2O4S/c1-24-17-8-4-7-15(18(17)21)12-19-20-25(22,23)16-10-9-13-5-2-3-6-14(13)11-16/h2-12,20-21H,1H3. The number of nitrogens with one attached hydrogen (secondary N) is 1. The lowest BCUT2D eigenvalue weighted by Gasteiger charge is -2.06. The Morgan fingerprint density at radius 3 is 2.56 bits per heavy atom. The van der Waals surface area contributed by atoms with E-state index in [2.05, 4.69) is 9.93 Å².